The number of benzene rings is 1. The highest BCUT2D eigenvalue weighted by Crippen LogP contribution is 2.24. The molecule has 0 saturated carbocycles. The first kappa shape index (κ1) is 15.8. The van der Waals surface area contributed by atoms with Crippen LogP contribution in [0.25, 0.3) is 0 Å². The smallest absolute Gasteiger partial charge is 0.212 e. The van der Waals surface area contributed by atoms with E-state index in [0.29, 0.717) is 5.02 Å². The maximum atomic E-state index is 11.8. The van der Waals surface area contributed by atoms with Crippen molar-refractivity contribution < 1.29 is 8.42 Å². The minimum Gasteiger partial charge on any atom is -0.212 e. The first-order valence-corrected chi connectivity index (χ1v) is 8.23. The van der Waals surface area contributed by atoms with Crippen LogP contribution in [-0.2, 0) is 10.0 Å². The Balaban J connectivity index is 2.94. The average molecular weight is 310 g/mol. The van der Waals surface area contributed by atoms with Crippen LogP contribution in [-0.4, -0.2) is 20.1 Å². The zero-order chi connectivity index (χ0) is 13.8. The van der Waals surface area contributed by atoms with Crippen molar-refractivity contribution in [3.8, 4) is 0 Å². The van der Waals surface area contributed by atoms with Gasteiger partial charge in [0.1, 0.15) is 0 Å². The minimum absolute atomic E-state index is 0.0780. The van der Waals surface area contributed by atoms with Crippen LogP contribution in [0.15, 0.2) is 24.3 Å². The summed E-state index contributed by atoms with van der Waals surface area (Å²) in [4.78, 5) is 0. The summed E-state index contributed by atoms with van der Waals surface area (Å²) in [5, 5.41) is 0.630. The molecule has 0 fully saturated rings. The van der Waals surface area contributed by atoms with Crippen LogP contribution in [0, 0.1) is 5.92 Å². The van der Waals surface area contributed by atoms with E-state index >= 15 is 0 Å². The zero-order valence-corrected chi connectivity index (χ0v) is 12.7. The number of halogens is 2. The van der Waals surface area contributed by atoms with Gasteiger partial charge in [-0.1, -0.05) is 37.6 Å². The summed E-state index contributed by atoms with van der Waals surface area (Å²) in [6, 6.07) is 6.90. The Kier molecular flexibility index (Phi) is 5.92. The topological polar surface area (TPSA) is 46.2 Å². The molecule has 1 unspecified atom stereocenters. The summed E-state index contributed by atoms with van der Waals surface area (Å²) in [5.41, 5.74) is 0.896. The van der Waals surface area contributed by atoms with Crippen molar-refractivity contribution in [3.63, 3.8) is 0 Å². The molecular weight excluding hydrogens is 293 g/mol. The van der Waals surface area contributed by atoms with E-state index in [4.69, 9.17) is 23.2 Å². The normalized spacial score (nSPS) is 13.8. The van der Waals surface area contributed by atoms with Crippen molar-refractivity contribution in [2.24, 2.45) is 5.92 Å². The number of hydrogen-bond donors (Lipinski definition) is 1. The van der Waals surface area contributed by atoms with Gasteiger partial charge in [-0.2, -0.15) is 0 Å². The van der Waals surface area contributed by atoms with Crippen LogP contribution in [0.4, 0.5) is 0 Å². The molecule has 1 aromatic carbocycles. The molecule has 0 bridgehead atoms. The Bertz CT molecular complexity index is 471. The van der Waals surface area contributed by atoms with E-state index in [1.165, 1.54) is 0 Å². The Morgan fingerprint density at radius 2 is 1.78 bits per heavy atom. The molecule has 0 aromatic heterocycles. The van der Waals surface area contributed by atoms with Gasteiger partial charge in [-0.15, -0.1) is 11.6 Å². The lowest BCUT2D eigenvalue weighted by Crippen LogP contribution is -2.33. The molecule has 1 aromatic rings. The number of alkyl halides is 1. The summed E-state index contributed by atoms with van der Waals surface area (Å²) in [5.74, 6) is 0.142. The monoisotopic (exact) mass is 309 g/mol. The molecule has 0 saturated heterocycles. The summed E-state index contributed by atoms with van der Waals surface area (Å²) in [6.45, 7) is 3.92. The second-order valence-electron chi connectivity index (χ2n) is 4.40. The van der Waals surface area contributed by atoms with Crippen LogP contribution >= 0.6 is 23.2 Å². The second kappa shape index (κ2) is 6.75. The fourth-order valence-electron chi connectivity index (χ4n) is 1.61. The number of nitrogens with one attached hydrogen (secondary N) is 1. The first-order chi connectivity index (χ1) is 8.35. The van der Waals surface area contributed by atoms with Gasteiger partial charge in [0.2, 0.25) is 10.0 Å². The maximum absolute atomic E-state index is 11.8. The zero-order valence-electron chi connectivity index (χ0n) is 10.4. The van der Waals surface area contributed by atoms with Crippen molar-refractivity contribution in [1.29, 1.82) is 0 Å². The van der Waals surface area contributed by atoms with Gasteiger partial charge < -0.3 is 0 Å². The minimum atomic E-state index is -3.35. The third-order valence-electron chi connectivity index (χ3n) is 2.55. The molecule has 0 aliphatic rings. The molecule has 18 heavy (non-hydrogen) atoms. The first-order valence-electron chi connectivity index (χ1n) is 5.67. The van der Waals surface area contributed by atoms with Crippen LogP contribution < -0.4 is 4.72 Å². The van der Waals surface area contributed by atoms with Gasteiger partial charge in [0.15, 0.2) is 0 Å². The van der Waals surface area contributed by atoms with Crippen LogP contribution in [0.2, 0.25) is 5.02 Å². The number of rotatable bonds is 6. The van der Waals surface area contributed by atoms with E-state index in [2.05, 4.69) is 4.72 Å². The molecule has 0 spiro atoms. The predicted octanol–water partition coefficient (Wildman–Crippen LogP) is 3.20. The summed E-state index contributed by atoms with van der Waals surface area (Å²) >= 11 is 11.3. The van der Waals surface area contributed by atoms with Crippen LogP contribution in [0.1, 0.15) is 25.5 Å². The molecule has 3 nitrogen and oxygen atoms in total. The van der Waals surface area contributed by atoms with Gasteiger partial charge in [-0.05, 0) is 23.6 Å². The van der Waals surface area contributed by atoms with Gasteiger partial charge in [-0.25, -0.2) is 13.1 Å². The van der Waals surface area contributed by atoms with Gasteiger partial charge >= 0.3 is 0 Å². The Morgan fingerprint density at radius 1 is 1.22 bits per heavy atom. The molecule has 6 heteroatoms. The molecule has 0 heterocycles. The van der Waals surface area contributed by atoms with Crippen LogP contribution in [0.3, 0.4) is 0 Å². The quantitative estimate of drug-likeness (QED) is 0.820. The van der Waals surface area contributed by atoms with E-state index in [9.17, 15) is 8.42 Å². The average Bonchev–Trinajstić information content (AvgIpc) is 2.27. The van der Waals surface area contributed by atoms with Crippen molar-refractivity contribution in [2.75, 3.05) is 11.6 Å². The summed E-state index contributed by atoms with van der Waals surface area (Å²) in [6.07, 6.45) is 0. The van der Waals surface area contributed by atoms with Crippen molar-refractivity contribution in [3.05, 3.63) is 34.9 Å². The third kappa shape index (κ3) is 4.76. The molecule has 1 atom stereocenters. The highest BCUT2D eigenvalue weighted by molar-refractivity contribution is 7.89. The van der Waals surface area contributed by atoms with E-state index in [0.717, 1.165) is 5.56 Å². The van der Waals surface area contributed by atoms with Gasteiger partial charge in [0, 0.05) is 16.9 Å². The predicted molar refractivity (Wildman–Crippen MR) is 76.7 cm³/mol. The lowest BCUT2D eigenvalue weighted by molar-refractivity contribution is 0.463. The summed E-state index contributed by atoms with van der Waals surface area (Å²) in [7, 11) is -3.35. The largest absolute Gasteiger partial charge is 0.213 e. The number of hydrogen-bond acceptors (Lipinski definition) is 2. The Labute approximate surface area is 119 Å². The van der Waals surface area contributed by atoms with Gasteiger partial charge in [-0.3, -0.25) is 0 Å². The highest BCUT2D eigenvalue weighted by Gasteiger charge is 2.21. The lowest BCUT2D eigenvalue weighted by Gasteiger charge is -2.22. The second-order valence-corrected chi connectivity index (χ2v) is 7.09. The molecule has 0 amide bonds. The van der Waals surface area contributed by atoms with E-state index in [1.807, 2.05) is 26.0 Å². The number of sulfonamides is 1. The summed E-state index contributed by atoms with van der Waals surface area (Å²) < 4.78 is 26.2. The lowest BCUT2D eigenvalue weighted by atomic mass is 9.97. The van der Waals surface area contributed by atoms with Gasteiger partial charge in [0.05, 0.1) is 5.75 Å². The highest BCUT2D eigenvalue weighted by atomic mass is 35.5. The van der Waals surface area contributed by atoms with Crippen molar-refractivity contribution in [2.45, 2.75) is 19.9 Å². The molecular formula is C12H17Cl2NO2S. The van der Waals surface area contributed by atoms with E-state index < -0.39 is 10.0 Å². The standard InChI is InChI=1S/C12H17Cl2NO2S/c1-9(2)12(15-18(16,17)8-7-13)10-3-5-11(14)6-4-10/h3-6,9,12,15H,7-8H2,1-2H3. The van der Waals surface area contributed by atoms with Crippen molar-refractivity contribution >= 4 is 33.2 Å². The Hall–Kier alpha value is -0.290. The fraction of sp³-hybridized carbons (Fsp3) is 0.500. The van der Waals surface area contributed by atoms with E-state index in [1.54, 1.807) is 12.1 Å². The van der Waals surface area contributed by atoms with Gasteiger partial charge in [0.25, 0.3) is 0 Å². The SMILES string of the molecule is CC(C)C(NS(=O)(=O)CCCl)c1ccc(Cl)cc1. The van der Waals surface area contributed by atoms with Crippen molar-refractivity contribution in [1.82, 2.24) is 4.72 Å². The maximum Gasteiger partial charge on any atom is 0.213 e. The van der Waals surface area contributed by atoms with Crippen LogP contribution in [0.5, 0.6) is 0 Å². The Morgan fingerprint density at radius 3 is 2.22 bits per heavy atom. The molecule has 0 aliphatic heterocycles. The third-order valence-corrected chi connectivity index (χ3v) is 4.57. The molecule has 1 rings (SSSR count). The molecule has 102 valence electrons. The molecule has 0 aliphatic carbocycles. The fourth-order valence-corrected chi connectivity index (χ4v) is 3.46. The molecule has 1 N–H and O–H groups in total. The van der Waals surface area contributed by atoms with E-state index in [-0.39, 0.29) is 23.6 Å². The molecule has 0 radical (unpaired) electrons.